The quantitative estimate of drug-likeness (QED) is 0.316. The van der Waals surface area contributed by atoms with Crippen molar-refractivity contribution in [1.82, 2.24) is 10.6 Å². The van der Waals surface area contributed by atoms with Crippen LogP contribution in [0.2, 0.25) is 0 Å². The molecule has 1 aliphatic rings. The number of rotatable bonds is 6. The van der Waals surface area contributed by atoms with Crippen LogP contribution in [0.5, 0.6) is 5.75 Å². The fourth-order valence-electron chi connectivity index (χ4n) is 3.36. The van der Waals surface area contributed by atoms with Gasteiger partial charge < -0.3 is 20.1 Å². The summed E-state index contributed by atoms with van der Waals surface area (Å²) in [7, 11) is 0. The smallest absolute Gasteiger partial charge is 0.353 e. The molecule has 0 bridgehead atoms. The molecule has 2 aromatic carbocycles. The zero-order chi connectivity index (χ0) is 22.5. The average Bonchev–Trinajstić information content (AvgIpc) is 3.33. The molecule has 1 aromatic heterocycles. The van der Waals surface area contributed by atoms with Gasteiger partial charge in [-0.25, -0.2) is 9.59 Å². The third kappa shape index (κ3) is 4.87. The predicted octanol–water partition coefficient (Wildman–Crippen LogP) is 4.50. The number of carbonyl (C=O) groups is 2. The van der Waals surface area contributed by atoms with Gasteiger partial charge in [0.25, 0.3) is 0 Å². The monoisotopic (exact) mass is 464 g/mol. The zero-order valence-corrected chi connectivity index (χ0v) is 18.8. The van der Waals surface area contributed by atoms with Crippen LogP contribution >= 0.6 is 23.6 Å². The molecule has 2 N–H and O–H groups in total. The SMILES string of the molecule is CC1=C(C(=O)OCc2ccccc2)[C@@H](c2ccccc2OC(=O)c2cccs2)NC(=S)N1. The largest absolute Gasteiger partial charge is 0.457 e. The first-order chi connectivity index (χ1) is 15.5. The van der Waals surface area contributed by atoms with Gasteiger partial charge in [-0.3, -0.25) is 0 Å². The number of ether oxygens (including phenoxy) is 2. The molecule has 0 radical (unpaired) electrons. The van der Waals surface area contributed by atoms with E-state index in [-0.39, 0.29) is 6.61 Å². The number of para-hydroxylation sites is 1. The molecule has 8 heteroatoms. The molecule has 1 aliphatic heterocycles. The molecule has 0 amide bonds. The van der Waals surface area contributed by atoms with Gasteiger partial charge in [0, 0.05) is 11.3 Å². The van der Waals surface area contributed by atoms with Crippen LogP contribution in [-0.4, -0.2) is 17.1 Å². The van der Waals surface area contributed by atoms with Crippen molar-refractivity contribution in [3.05, 3.63) is 99.4 Å². The molecule has 162 valence electrons. The van der Waals surface area contributed by atoms with E-state index in [0.29, 0.717) is 32.6 Å². The summed E-state index contributed by atoms with van der Waals surface area (Å²) in [5.41, 5.74) is 2.44. The maximum Gasteiger partial charge on any atom is 0.353 e. The minimum Gasteiger partial charge on any atom is -0.457 e. The van der Waals surface area contributed by atoms with Gasteiger partial charge >= 0.3 is 11.9 Å². The Kier molecular flexibility index (Phi) is 6.63. The molecule has 4 rings (SSSR count). The topological polar surface area (TPSA) is 76.7 Å². The van der Waals surface area contributed by atoms with Crippen molar-refractivity contribution in [3.63, 3.8) is 0 Å². The van der Waals surface area contributed by atoms with E-state index in [9.17, 15) is 9.59 Å². The van der Waals surface area contributed by atoms with Crippen LogP contribution in [-0.2, 0) is 16.1 Å². The van der Waals surface area contributed by atoms with E-state index in [1.807, 2.05) is 41.8 Å². The van der Waals surface area contributed by atoms with E-state index in [1.165, 1.54) is 11.3 Å². The van der Waals surface area contributed by atoms with Crippen molar-refractivity contribution in [2.45, 2.75) is 19.6 Å². The normalized spacial score (nSPS) is 15.5. The Morgan fingerprint density at radius 3 is 2.50 bits per heavy atom. The second-order valence-electron chi connectivity index (χ2n) is 7.04. The molecule has 0 fully saturated rings. The molecular weight excluding hydrogens is 444 g/mol. The third-order valence-corrected chi connectivity index (χ3v) is 5.93. The molecular formula is C24H20N2O4S2. The summed E-state index contributed by atoms with van der Waals surface area (Å²) in [5.74, 6) is -0.606. The minimum absolute atomic E-state index is 0.141. The highest BCUT2D eigenvalue weighted by molar-refractivity contribution is 7.80. The highest BCUT2D eigenvalue weighted by Crippen LogP contribution is 2.34. The van der Waals surface area contributed by atoms with E-state index in [2.05, 4.69) is 10.6 Å². The van der Waals surface area contributed by atoms with Crippen molar-refractivity contribution in [3.8, 4) is 5.75 Å². The second-order valence-corrected chi connectivity index (χ2v) is 8.39. The maximum atomic E-state index is 13.1. The van der Waals surface area contributed by atoms with E-state index in [1.54, 1.807) is 37.3 Å². The average molecular weight is 465 g/mol. The number of thiocarbonyl (C=S) groups is 1. The summed E-state index contributed by atoms with van der Waals surface area (Å²) in [4.78, 5) is 26.1. The standard InChI is InChI=1S/C24H20N2O4S2/c1-15-20(23(28)29-14-16-8-3-2-4-9-16)21(26-24(31)25-15)17-10-5-6-11-18(17)30-22(27)19-12-7-13-32-19/h2-13,21H,14H2,1H3,(H2,25,26,31)/t21-/m1/s1. The molecule has 0 aliphatic carbocycles. The Labute approximate surface area is 194 Å². The lowest BCUT2D eigenvalue weighted by Gasteiger charge is -2.30. The summed E-state index contributed by atoms with van der Waals surface area (Å²) >= 11 is 6.62. The van der Waals surface area contributed by atoms with Gasteiger partial charge in [-0.15, -0.1) is 11.3 Å². The number of thiophene rings is 1. The number of hydrogen-bond donors (Lipinski definition) is 2. The van der Waals surface area contributed by atoms with Crippen molar-refractivity contribution in [2.24, 2.45) is 0 Å². The van der Waals surface area contributed by atoms with Gasteiger partial charge in [0.2, 0.25) is 0 Å². The fraction of sp³-hybridized carbons (Fsp3) is 0.125. The summed E-state index contributed by atoms with van der Waals surface area (Å²) in [6, 6.07) is 19.4. The predicted molar refractivity (Wildman–Crippen MR) is 126 cm³/mol. The Morgan fingerprint density at radius 1 is 1.00 bits per heavy atom. The summed E-state index contributed by atoms with van der Waals surface area (Å²) in [5, 5.41) is 8.27. The first-order valence-corrected chi connectivity index (χ1v) is 11.2. The summed E-state index contributed by atoms with van der Waals surface area (Å²) in [6.07, 6.45) is 0. The molecule has 0 spiro atoms. The van der Waals surface area contributed by atoms with Gasteiger partial charge in [0.15, 0.2) is 5.11 Å². The third-order valence-electron chi connectivity index (χ3n) is 4.86. The van der Waals surface area contributed by atoms with Crippen LogP contribution in [0.4, 0.5) is 0 Å². The van der Waals surface area contributed by atoms with Crippen LogP contribution in [0.25, 0.3) is 0 Å². The molecule has 0 saturated carbocycles. The second kappa shape index (κ2) is 9.76. The molecule has 3 aromatic rings. The van der Waals surface area contributed by atoms with Crippen LogP contribution in [0.3, 0.4) is 0 Å². The van der Waals surface area contributed by atoms with Gasteiger partial charge in [-0.05, 0) is 42.2 Å². The van der Waals surface area contributed by atoms with E-state index in [4.69, 9.17) is 21.7 Å². The van der Waals surface area contributed by atoms with Crippen LogP contribution in [0, 0.1) is 0 Å². The fourth-order valence-corrected chi connectivity index (χ4v) is 4.23. The van der Waals surface area contributed by atoms with Crippen LogP contribution in [0.1, 0.15) is 33.8 Å². The summed E-state index contributed by atoms with van der Waals surface area (Å²) < 4.78 is 11.2. The zero-order valence-electron chi connectivity index (χ0n) is 17.2. The Balaban J connectivity index is 1.62. The number of allylic oxidation sites excluding steroid dienone is 1. The Bertz CT molecular complexity index is 1170. The Morgan fingerprint density at radius 2 is 1.75 bits per heavy atom. The lowest BCUT2D eigenvalue weighted by atomic mass is 9.95. The van der Waals surface area contributed by atoms with Gasteiger partial charge in [-0.1, -0.05) is 54.6 Å². The molecule has 0 unspecified atom stereocenters. The van der Waals surface area contributed by atoms with Crippen LogP contribution < -0.4 is 15.4 Å². The number of hydrogen-bond acceptors (Lipinski definition) is 6. The molecule has 0 saturated heterocycles. The highest BCUT2D eigenvalue weighted by Gasteiger charge is 2.33. The van der Waals surface area contributed by atoms with Crippen molar-refractivity contribution in [1.29, 1.82) is 0 Å². The van der Waals surface area contributed by atoms with E-state index < -0.39 is 18.0 Å². The van der Waals surface area contributed by atoms with Crippen molar-refractivity contribution < 1.29 is 19.1 Å². The first-order valence-electron chi connectivity index (χ1n) is 9.87. The number of nitrogens with one attached hydrogen (secondary N) is 2. The first kappa shape index (κ1) is 21.7. The van der Waals surface area contributed by atoms with Crippen molar-refractivity contribution >= 4 is 40.6 Å². The number of esters is 2. The highest BCUT2D eigenvalue weighted by atomic mass is 32.1. The maximum absolute atomic E-state index is 13.1. The Hall–Kier alpha value is -3.49. The van der Waals surface area contributed by atoms with E-state index in [0.717, 1.165) is 5.56 Å². The molecule has 2 heterocycles. The lowest BCUT2D eigenvalue weighted by Crippen LogP contribution is -2.45. The van der Waals surface area contributed by atoms with Gasteiger partial charge in [0.05, 0.1) is 11.6 Å². The van der Waals surface area contributed by atoms with Gasteiger partial charge in [-0.2, -0.15) is 0 Å². The van der Waals surface area contributed by atoms with Gasteiger partial charge in [0.1, 0.15) is 17.2 Å². The molecule has 6 nitrogen and oxygen atoms in total. The molecule has 32 heavy (non-hydrogen) atoms. The number of carbonyl (C=O) groups excluding carboxylic acids is 2. The molecule has 1 atom stereocenters. The van der Waals surface area contributed by atoms with E-state index >= 15 is 0 Å². The van der Waals surface area contributed by atoms with Crippen LogP contribution in [0.15, 0.2) is 83.4 Å². The summed E-state index contributed by atoms with van der Waals surface area (Å²) in [6.45, 7) is 1.90. The minimum atomic E-state index is -0.639. The number of benzene rings is 2. The lowest BCUT2D eigenvalue weighted by molar-refractivity contribution is -0.140. The van der Waals surface area contributed by atoms with Crippen molar-refractivity contribution in [2.75, 3.05) is 0 Å².